The van der Waals surface area contributed by atoms with Crippen LogP contribution in [-0.2, 0) is 4.79 Å². The lowest BCUT2D eigenvalue weighted by Gasteiger charge is -2.38. The predicted octanol–water partition coefficient (Wildman–Crippen LogP) is 5.15. The maximum atomic E-state index is 11.4. The molecule has 1 atom stereocenters. The van der Waals surface area contributed by atoms with E-state index in [9.17, 15) is 4.79 Å². The third-order valence-corrected chi connectivity index (χ3v) is 5.10. The summed E-state index contributed by atoms with van der Waals surface area (Å²) >= 11 is 0. The Balaban J connectivity index is 2.24. The van der Waals surface area contributed by atoms with Crippen LogP contribution in [0.3, 0.4) is 0 Å². The number of rotatable bonds is 7. The molecule has 24 heavy (non-hydrogen) atoms. The zero-order valence-corrected chi connectivity index (χ0v) is 15.8. The van der Waals surface area contributed by atoms with Crippen LogP contribution in [0.15, 0.2) is 18.2 Å². The average molecular weight is 331 g/mol. The number of carbonyl (C=O) groups is 1. The van der Waals surface area contributed by atoms with Gasteiger partial charge in [-0.2, -0.15) is 0 Å². The van der Waals surface area contributed by atoms with Gasteiger partial charge in [-0.15, -0.1) is 0 Å². The molecule has 1 aromatic carbocycles. The minimum Gasteiger partial charge on any atom is -0.397 e. The van der Waals surface area contributed by atoms with Crippen molar-refractivity contribution in [1.29, 1.82) is 0 Å². The highest BCUT2D eigenvalue weighted by Gasteiger charge is 2.24. The van der Waals surface area contributed by atoms with Crippen LogP contribution in [0.2, 0.25) is 0 Å². The first kappa shape index (κ1) is 18.8. The minimum atomic E-state index is 0.229. The molecule has 0 radical (unpaired) electrons. The Labute approximate surface area is 147 Å². The Morgan fingerprint density at radius 2 is 1.88 bits per heavy atom. The zero-order chi connectivity index (χ0) is 17.7. The molecule has 2 rings (SSSR count). The molecule has 2 N–H and O–H groups in total. The third kappa shape index (κ3) is 4.99. The molecule has 0 amide bonds. The van der Waals surface area contributed by atoms with Crippen LogP contribution in [0.1, 0.15) is 77.7 Å². The SMILES string of the molecule is CC(=O)C[C@H](C)c1ccc(N(CC(C)C)C2CCCCC2)c(N)c1. The van der Waals surface area contributed by atoms with Crippen LogP contribution in [0.4, 0.5) is 11.4 Å². The lowest BCUT2D eigenvalue weighted by Crippen LogP contribution is -2.39. The van der Waals surface area contributed by atoms with Crippen molar-refractivity contribution < 1.29 is 4.79 Å². The van der Waals surface area contributed by atoms with Crippen LogP contribution < -0.4 is 10.6 Å². The molecule has 0 spiro atoms. The highest BCUT2D eigenvalue weighted by molar-refractivity contribution is 5.77. The molecular formula is C21H34N2O. The van der Waals surface area contributed by atoms with Gasteiger partial charge >= 0.3 is 0 Å². The van der Waals surface area contributed by atoms with Crippen LogP contribution in [0, 0.1) is 5.92 Å². The number of nitrogen functional groups attached to an aromatic ring is 1. The average Bonchev–Trinajstić information content (AvgIpc) is 2.53. The largest absolute Gasteiger partial charge is 0.397 e. The van der Waals surface area contributed by atoms with E-state index in [1.165, 1.54) is 43.4 Å². The topological polar surface area (TPSA) is 46.3 Å². The van der Waals surface area contributed by atoms with Gasteiger partial charge in [0.05, 0.1) is 11.4 Å². The molecule has 0 heterocycles. The summed E-state index contributed by atoms with van der Waals surface area (Å²) in [6.45, 7) is 9.35. The fourth-order valence-electron chi connectivity index (χ4n) is 3.92. The number of hydrogen-bond donors (Lipinski definition) is 1. The third-order valence-electron chi connectivity index (χ3n) is 5.10. The standard InChI is InChI=1S/C21H34N2O/c1-15(2)14-23(19-8-6-5-7-9-19)21-11-10-18(13-20(21)22)16(3)12-17(4)24/h10-11,13,15-16,19H,5-9,12,14,22H2,1-4H3/t16-/m0/s1. The van der Waals surface area contributed by atoms with Crippen molar-refractivity contribution >= 4 is 17.2 Å². The molecule has 3 heteroatoms. The van der Waals surface area contributed by atoms with E-state index >= 15 is 0 Å². The molecule has 0 unspecified atom stereocenters. The van der Waals surface area contributed by atoms with Crippen molar-refractivity contribution in [3.05, 3.63) is 23.8 Å². The van der Waals surface area contributed by atoms with Crippen molar-refractivity contribution in [3.8, 4) is 0 Å². The number of Topliss-reactive ketones (excluding diaryl/α,β-unsaturated/α-hetero) is 1. The lowest BCUT2D eigenvalue weighted by atomic mass is 9.92. The summed E-state index contributed by atoms with van der Waals surface area (Å²) in [5.41, 5.74) is 9.64. The first-order valence-electron chi connectivity index (χ1n) is 9.54. The van der Waals surface area contributed by atoms with E-state index in [1.54, 1.807) is 6.92 Å². The second kappa shape index (κ2) is 8.55. The molecule has 0 aromatic heterocycles. The Bertz CT molecular complexity index is 547. The second-order valence-electron chi connectivity index (χ2n) is 7.96. The van der Waals surface area contributed by atoms with Gasteiger partial charge in [-0.05, 0) is 49.3 Å². The van der Waals surface area contributed by atoms with E-state index in [-0.39, 0.29) is 11.7 Å². The van der Waals surface area contributed by atoms with E-state index in [0.717, 1.165) is 12.2 Å². The Morgan fingerprint density at radius 1 is 1.21 bits per heavy atom. The Kier molecular flexibility index (Phi) is 6.70. The van der Waals surface area contributed by atoms with E-state index in [2.05, 4.69) is 43.9 Å². The van der Waals surface area contributed by atoms with Gasteiger partial charge in [0.1, 0.15) is 5.78 Å². The van der Waals surface area contributed by atoms with E-state index in [0.29, 0.717) is 18.4 Å². The first-order chi connectivity index (χ1) is 11.4. The molecule has 1 aromatic rings. The predicted molar refractivity (Wildman–Crippen MR) is 104 cm³/mol. The van der Waals surface area contributed by atoms with Crippen LogP contribution >= 0.6 is 0 Å². The minimum absolute atomic E-state index is 0.229. The fraction of sp³-hybridized carbons (Fsp3) is 0.667. The number of carbonyl (C=O) groups excluding carboxylic acids is 1. The molecule has 3 nitrogen and oxygen atoms in total. The number of nitrogens with two attached hydrogens (primary N) is 1. The smallest absolute Gasteiger partial charge is 0.130 e. The number of nitrogens with zero attached hydrogens (tertiary/aromatic N) is 1. The second-order valence-corrected chi connectivity index (χ2v) is 7.96. The highest BCUT2D eigenvalue weighted by atomic mass is 16.1. The molecule has 134 valence electrons. The first-order valence-corrected chi connectivity index (χ1v) is 9.54. The van der Waals surface area contributed by atoms with Gasteiger partial charge in [-0.25, -0.2) is 0 Å². The Hall–Kier alpha value is -1.51. The monoisotopic (exact) mass is 330 g/mol. The van der Waals surface area contributed by atoms with Gasteiger partial charge < -0.3 is 15.4 Å². The lowest BCUT2D eigenvalue weighted by molar-refractivity contribution is -0.117. The summed E-state index contributed by atoms with van der Waals surface area (Å²) in [6.07, 6.45) is 7.14. The van der Waals surface area contributed by atoms with Gasteiger partial charge in [0, 0.05) is 19.0 Å². The van der Waals surface area contributed by atoms with Crippen LogP contribution in [-0.4, -0.2) is 18.4 Å². The normalized spacial score (nSPS) is 17.0. The van der Waals surface area contributed by atoms with Crippen molar-refractivity contribution in [2.75, 3.05) is 17.2 Å². The van der Waals surface area contributed by atoms with Crippen molar-refractivity contribution in [1.82, 2.24) is 0 Å². The van der Waals surface area contributed by atoms with Crippen LogP contribution in [0.25, 0.3) is 0 Å². The number of ketones is 1. The summed E-state index contributed by atoms with van der Waals surface area (Å²) < 4.78 is 0. The summed E-state index contributed by atoms with van der Waals surface area (Å²) in [5, 5.41) is 0. The molecule has 0 aliphatic heterocycles. The van der Waals surface area contributed by atoms with Crippen molar-refractivity contribution in [3.63, 3.8) is 0 Å². The summed E-state index contributed by atoms with van der Waals surface area (Å²) in [5.74, 6) is 1.07. The maximum Gasteiger partial charge on any atom is 0.130 e. The summed E-state index contributed by atoms with van der Waals surface area (Å²) in [6, 6.07) is 7.04. The summed E-state index contributed by atoms with van der Waals surface area (Å²) in [4.78, 5) is 13.9. The molecule has 1 fully saturated rings. The van der Waals surface area contributed by atoms with Crippen LogP contribution in [0.5, 0.6) is 0 Å². The van der Waals surface area contributed by atoms with E-state index < -0.39 is 0 Å². The number of benzene rings is 1. The summed E-state index contributed by atoms with van der Waals surface area (Å²) in [7, 11) is 0. The zero-order valence-electron chi connectivity index (χ0n) is 15.8. The van der Waals surface area contributed by atoms with Crippen molar-refractivity contribution in [2.24, 2.45) is 5.92 Å². The molecule has 0 bridgehead atoms. The quantitative estimate of drug-likeness (QED) is 0.704. The van der Waals surface area contributed by atoms with E-state index in [4.69, 9.17) is 5.73 Å². The van der Waals surface area contributed by atoms with Gasteiger partial charge in [0.2, 0.25) is 0 Å². The van der Waals surface area contributed by atoms with Gasteiger partial charge in [-0.3, -0.25) is 0 Å². The van der Waals surface area contributed by atoms with Crippen molar-refractivity contribution in [2.45, 2.75) is 78.2 Å². The molecule has 1 aliphatic carbocycles. The molecule has 0 saturated heterocycles. The molecule has 1 saturated carbocycles. The number of hydrogen-bond acceptors (Lipinski definition) is 3. The van der Waals surface area contributed by atoms with Gasteiger partial charge in [-0.1, -0.05) is 46.1 Å². The Morgan fingerprint density at radius 3 is 2.42 bits per heavy atom. The molecular weight excluding hydrogens is 296 g/mol. The maximum absolute atomic E-state index is 11.4. The van der Waals surface area contributed by atoms with E-state index in [1.807, 2.05) is 0 Å². The molecule has 1 aliphatic rings. The van der Waals surface area contributed by atoms with Gasteiger partial charge in [0.15, 0.2) is 0 Å². The highest BCUT2D eigenvalue weighted by Crippen LogP contribution is 2.34. The number of anilines is 2. The fourth-order valence-corrected chi connectivity index (χ4v) is 3.92. The van der Waals surface area contributed by atoms with Gasteiger partial charge in [0.25, 0.3) is 0 Å².